The molecule has 0 bridgehead atoms. The zero-order chi connectivity index (χ0) is 16.2. The standard InChI is InChI=1S/C17H14FN3O2/c1-23-16-8-9-19-10-12(16)11-21-17(22)7-6-15(20-21)13-4-2-3-5-14(13)18/h2-10H,11H2,1H3. The van der Waals surface area contributed by atoms with Gasteiger partial charge in [-0.25, -0.2) is 9.07 Å². The molecule has 3 aromatic rings. The van der Waals surface area contributed by atoms with Crippen LogP contribution in [0.5, 0.6) is 5.75 Å². The summed E-state index contributed by atoms with van der Waals surface area (Å²) < 4.78 is 20.4. The summed E-state index contributed by atoms with van der Waals surface area (Å²) in [4.78, 5) is 16.1. The van der Waals surface area contributed by atoms with Crippen molar-refractivity contribution in [1.29, 1.82) is 0 Å². The van der Waals surface area contributed by atoms with Crippen molar-refractivity contribution in [3.05, 3.63) is 76.6 Å². The Hall–Kier alpha value is -3.02. The second-order valence-corrected chi connectivity index (χ2v) is 4.88. The lowest BCUT2D eigenvalue weighted by molar-refractivity contribution is 0.406. The molecule has 0 aliphatic rings. The quantitative estimate of drug-likeness (QED) is 0.743. The van der Waals surface area contributed by atoms with E-state index in [-0.39, 0.29) is 17.9 Å². The lowest BCUT2D eigenvalue weighted by Crippen LogP contribution is -2.23. The van der Waals surface area contributed by atoms with E-state index in [0.29, 0.717) is 17.0 Å². The molecule has 0 aliphatic heterocycles. The van der Waals surface area contributed by atoms with Crippen molar-refractivity contribution in [3.8, 4) is 17.0 Å². The van der Waals surface area contributed by atoms with Crippen LogP contribution in [0.15, 0.2) is 59.7 Å². The summed E-state index contributed by atoms with van der Waals surface area (Å²) in [5.74, 6) is 0.231. The number of rotatable bonds is 4. The van der Waals surface area contributed by atoms with Gasteiger partial charge in [-0.2, -0.15) is 5.10 Å². The van der Waals surface area contributed by atoms with Gasteiger partial charge in [0, 0.05) is 29.6 Å². The molecule has 0 unspecified atom stereocenters. The van der Waals surface area contributed by atoms with Crippen LogP contribution in [0.3, 0.4) is 0 Å². The number of hydrogen-bond acceptors (Lipinski definition) is 4. The fraction of sp³-hybridized carbons (Fsp3) is 0.118. The van der Waals surface area contributed by atoms with Crippen LogP contribution in [0.25, 0.3) is 11.3 Å². The minimum absolute atomic E-state index is 0.193. The molecular weight excluding hydrogens is 297 g/mol. The molecule has 0 radical (unpaired) electrons. The van der Waals surface area contributed by atoms with Crippen LogP contribution in [-0.4, -0.2) is 21.9 Å². The highest BCUT2D eigenvalue weighted by molar-refractivity contribution is 5.58. The Morgan fingerprint density at radius 1 is 1.17 bits per heavy atom. The second-order valence-electron chi connectivity index (χ2n) is 4.88. The molecule has 0 aliphatic carbocycles. The Kier molecular flexibility index (Phi) is 4.14. The predicted molar refractivity (Wildman–Crippen MR) is 83.8 cm³/mol. The Morgan fingerprint density at radius 2 is 2.00 bits per heavy atom. The third-order valence-corrected chi connectivity index (χ3v) is 3.42. The highest BCUT2D eigenvalue weighted by Crippen LogP contribution is 2.20. The van der Waals surface area contributed by atoms with Crippen molar-refractivity contribution in [2.24, 2.45) is 0 Å². The molecule has 0 fully saturated rings. The first-order valence-corrected chi connectivity index (χ1v) is 6.99. The maximum atomic E-state index is 13.9. The first-order chi connectivity index (χ1) is 11.2. The number of halogens is 1. The molecule has 2 heterocycles. The van der Waals surface area contributed by atoms with Crippen molar-refractivity contribution < 1.29 is 9.13 Å². The molecular formula is C17H14FN3O2. The average Bonchev–Trinajstić information content (AvgIpc) is 2.58. The first-order valence-electron chi connectivity index (χ1n) is 6.99. The van der Waals surface area contributed by atoms with Gasteiger partial charge in [0.25, 0.3) is 5.56 Å². The van der Waals surface area contributed by atoms with E-state index < -0.39 is 0 Å². The van der Waals surface area contributed by atoms with Gasteiger partial charge in [0.15, 0.2) is 0 Å². The maximum absolute atomic E-state index is 13.9. The maximum Gasteiger partial charge on any atom is 0.267 e. The van der Waals surface area contributed by atoms with E-state index in [1.54, 1.807) is 43.8 Å². The molecule has 23 heavy (non-hydrogen) atoms. The van der Waals surface area contributed by atoms with E-state index in [1.165, 1.54) is 22.9 Å². The molecule has 2 aromatic heterocycles. The van der Waals surface area contributed by atoms with Crippen molar-refractivity contribution in [3.63, 3.8) is 0 Å². The van der Waals surface area contributed by atoms with Crippen LogP contribution in [0.2, 0.25) is 0 Å². The Labute approximate surface area is 132 Å². The highest BCUT2D eigenvalue weighted by Gasteiger charge is 2.10. The zero-order valence-electron chi connectivity index (χ0n) is 12.4. The molecule has 6 heteroatoms. The lowest BCUT2D eigenvalue weighted by atomic mass is 10.1. The fourth-order valence-corrected chi connectivity index (χ4v) is 2.27. The summed E-state index contributed by atoms with van der Waals surface area (Å²) in [6.45, 7) is 0.193. The van der Waals surface area contributed by atoms with Crippen LogP contribution in [-0.2, 0) is 6.54 Å². The predicted octanol–water partition coefficient (Wildman–Crippen LogP) is 2.50. The summed E-state index contributed by atoms with van der Waals surface area (Å²) in [5.41, 5.74) is 1.18. The fourth-order valence-electron chi connectivity index (χ4n) is 2.27. The summed E-state index contributed by atoms with van der Waals surface area (Å²) >= 11 is 0. The summed E-state index contributed by atoms with van der Waals surface area (Å²) in [6.07, 6.45) is 3.22. The first kappa shape index (κ1) is 14.9. The minimum Gasteiger partial charge on any atom is -0.496 e. The normalized spacial score (nSPS) is 10.5. The van der Waals surface area contributed by atoms with Gasteiger partial charge in [0.2, 0.25) is 0 Å². The Morgan fingerprint density at radius 3 is 2.78 bits per heavy atom. The van der Waals surface area contributed by atoms with Gasteiger partial charge >= 0.3 is 0 Å². The van der Waals surface area contributed by atoms with Crippen molar-refractivity contribution in [1.82, 2.24) is 14.8 Å². The van der Waals surface area contributed by atoms with Gasteiger partial charge in [-0.1, -0.05) is 12.1 Å². The van der Waals surface area contributed by atoms with E-state index in [1.807, 2.05) is 0 Å². The summed E-state index contributed by atoms with van der Waals surface area (Å²) in [7, 11) is 1.55. The molecule has 0 saturated carbocycles. The van der Waals surface area contributed by atoms with Gasteiger partial charge in [-0.3, -0.25) is 9.78 Å². The molecule has 5 nitrogen and oxygen atoms in total. The van der Waals surface area contributed by atoms with E-state index >= 15 is 0 Å². The minimum atomic E-state index is -0.385. The summed E-state index contributed by atoms with van der Waals surface area (Å²) in [5, 5.41) is 4.25. The van der Waals surface area contributed by atoms with Crippen molar-refractivity contribution in [2.45, 2.75) is 6.54 Å². The van der Waals surface area contributed by atoms with Gasteiger partial charge in [-0.15, -0.1) is 0 Å². The van der Waals surface area contributed by atoms with Crippen molar-refractivity contribution >= 4 is 0 Å². The van der Waals surface area contributed by atoms with Crippen LogP contribution in [0.1, 0.15) is 5.56 Å². The molecule has 0 atom stereocenters. The third-order valence-electron chi connectivity index (χ3n) is 3.42. The van der Waals surface area contributed by atoms with Crippen molar-refractivity contribution in [2.75, 3.05) is 7.11 Å². The van der Waals surface area contributed by atoms with Gasteiger partial charge in [0.05, 0.1) is 19.3 Å². The molecule has 3 rings (SSSR count). The van der Waals surface area contributed by atoms with Crippen LogP contribution in [0, 0.1) is 5.82 Å². The molecule has 0 saturated heterocycles. The van der Waals surface area contributed by atoms with Crippen LogP contribution in [0.4, 0.5) is 4.39 Å². The van der Waals surface area contributed by atoms with Gasteiger partial charge < -0.3 is 4.74 Å². The third kappa shape index (κ3) is 3.11. The van der Waals surface area contributed by atoms with E-state index in [4.69, 9.17) is 4.74 Å². The molecule has 1 aromatic carbocycles. The van der Waals surface area contributed by atoms with E-state index in [9.17, 15) is 9.18 Å². The van der Waals surface area contributed by atoms with Gasteiger partial charge in [0.1, 0.15) is 11.6 Å². The van der Waals surface area contributed by atoms with Crippen LogP contribution < -0.4 is 10.3 Å². The number of ether oxygens (including phenoxy) is 1. The number of benzene rings is 1. The number of hydrogen-bond donors (Lipinski definition) is 0. The average molecular weight is 311 g/mol. The molecule has 0 spiro atoms. The molecule has 0 N–H and O–H groups in total. The zero-order valence-corrected chi connectivity index (χ0v) is 12.4. The largest absolute Gasteiger partial charge is 0.496 e. The number of aromatic nitrogens is 3. The second kappa shape index (κ2) is 6.39. The number of nitrogens with zero attached hydrogens (tertiary/aromatic N) is 3. The lowest BCUT2D eigenvalue weighted by Gasteiger charge is -2.10. The smallest absolute Gasteiger partial charge is 0.267 e. The van der Waals surface area contributed by atoms with E-state index in [0.717, 1.165) is 5.56 Å². The van der Waals surface area contributed by atoms with Crippen LogP contribution >= 0.6 is 0 Å². The molecule has 116 valence electrons. The Balaban J connectivity index is 2.02. The SMILES string of the molecule is COc1ccncc1Cn1nc(-c2ccccc2F)ccc1=O. The van der Waals surface area contributed by atoms with Gasteiger partial charge in [-0.05, 0) is 24.3 Å². The monoisotopic (exact) mass is 311 g/mol. The molecule has 0 amide bonds. The van der Waals surface area contributed by atoms with E-state index in [2.05, 4.69) is 10.1 Å². The number of pyridine rings is 1. The number of methoxy groups -OCH3 is 1. The highest BCUT2D eigenvalue weighted by atomic mass is 19.1. The Bertz CT molecular complexity index is 893. The summed E-state index contributed by atoms with van der Waals surface area (Å²) in [6, 6.07) is 10.9. The topological polar surface area (TPSA) is 57.0 Å².